The van der Waals surface area contributed by atoms with E-state index in [0.29, 0.717) is 18.8 Å². The lowest BCUT2D eigenvalue weighted by atomic mass is 10.0. The fraction of sp³-hybridized carbons (Fsp3) is 0.458. The van der Waals surface area contributed by atoms with Crippen LogP contribution in [0.25, 0.3) is 6.08 Å². The zero-order valence-electron chi connectivity index (χ0n) is 19.2. The number of aromatic nitrogens is 1. The van der Waals surface area contributed by atoms with Crippen molar-refractivity contribution in [3.05, 3.63) is 59.9 Å². The van der Waals surface area contributed by atoms with Gasteiger partial charge in [-0.05, 0) is 50.7 Å². The molecular weight excluding hydrogens is 426 g/mol. The minimum absolute atomic E-state index is 0.0940. The average Bonchev–Trinajstić information content (AvgIpc) is 2.76. The normalized spacial score (nSPS) is 22.2. The molecule has 1 aliphatic rings. The van der Waals surface area contributed by atoms with Crippen molar-refractivity contribution in [3.8, 4) is 5.75 Å². The van der Waals surface area contributed by atoms with Crippen LogP contribution < -0.4 is 4.74 Å². The molecule has 2 aromatic rings. The molecule has 0 spiro atoms. The zero-order chi connectivity index (χ0) is 23.3. The van der Waals surface area contributed by atoms with E-state index in [0.717, 1.165) is 11.3 Å². The van der Waals surface area contributed by atoms with Gasteiger partial charge in [0.05, 0.1) is 12.3 Å². The molecule has 3 atom stereocenters. The number of ether oxygens (including phenoxy) is 1. The first-order valence-corrected chi connectivity index (χ1v) is 12.3. The number of hydrogen-bond donors (Lipinski definition) is 1. The second-order valence-corrected chi connectivity index (χ2v) is 10.3. The lowest BCUT2D eigenvalue weighted by Crippen LogP contribution is -2.49. The van der Waals surface area contributed by atoms with Gasteiger partial charge in [-0.15, -0.1) is 0 Å². The highest BCUT2D eigenvalue weighted by Gasteiger charge is 2.38. The highest BCUT2D eigenvalue weighted by Crippen LogP contribution is 2.34. The maximum atomic E-state index is 13.5. The smallest absolute Gasteiger partial charge is 0.247 e. The summed E-state index contributed by atoms with van der Waals surface area (Å²) in [4.78, 5) is 6.66. The molecule has 7 nitrogen and oxygen atoms in total. The topological polar surface area (TPSA) is 83.0 Å². The summed E-state index contributed by atoms with van der Waals surface area (Å²) in [5, 5.41) is 9.74. The van der Waals surface area contributed by atoms with Crippen molar-refractivity contribution >= 4 is 16.1 Å². The van der Waals surface area contributed by atoms with Gasteiger partial charge < -0.3 is 9.84 Å². The number of hydrogen-bond acceptors (Lipinski definition) is 6. The molecule has 1 N–H and O–H groups in total. The number of fused-ring (bicyclic) bond motifs is 1. The van der Waals surface area contributed by atoms with Crippen molar-refractivity contribution in [2.24, 2.45) is 5.92 Å². The number of allylic oxidation sites excluding steroid dienone is 1. The molecule has 174 valence electrons. The van der Waals surface area contributed by atoms with Crippen LogP contribution in [-0.4, -0.2) is 66.6 Å². The van der Waals surface area contributed by atoms with E-state index in [2.05, 4.69) is 9.88 Å². The Morgan fingerprint density at radius 1 is 1.34 bits per heavy atom. The third-order valence-corrected chi connectivity index (χ3v) is 7.72. The predicted molar refractivity (Wildman–Crippen MR) is 126 cm³/mol. The summed E-state index contributed by atoms with van der Waals surface area (Å²) in [6, 6.07) is 10.4. The Balaban J connectivity index is 1.97. The molecule has 3 rings (SSSR count). The molecule has 0 radical (unpaired) electrons. The number of sulfonamides is 1. The molecule has 0 bridgehead atoms. The SMILES string of the molecule is C/C=C/c1ccc2c(c1)O[C@H](CN(C)Cc1ccccn1)[C@@H](C)CN([C@@H](C)CO)S2(=O)=O. The van der Waals surface area contributed by atoms with E-state index in [4.69, 9.17) is 4.74 Å². The van der Waals surface area contributed by atoms with Gasteiger partial charge in [-0.2, -0.15) is 4.31 Å². The van der Waals surface area contributed by atoms with Crippen LogP contribution in [0.5, 0.6) is 5.75 Å². The Morgan fingerprint density at radius 3 is 2.78 bits per heavy atom. The van der Waals surface area contributed by atoms with Crippen LogP contribution in [-0.2, 0) is 16.6 Å². The molecule has 1 aromatic heterocycles. The van der Waals surface area contributed by atoms with Gasteiger partial charge in [-0.1, -0.05) is 31.2 Å². The Morgan fingerprint density at radius 2 is 2.12 bits per heavy atom. The van der Waals surface area contributed by atoms with Crippen LogP contribution in [0, 0.1) is 5.92 Å². The monoisotopic (exact) mass is 459 g/mol. The lowest BCUT2D eigenvalue weighted by molar-refractivity contribution is 0.0730. The van der Waals surface area contributed by atoms with E-state index < -0.39 is 16.1 Å². The largest absolute Gasteiger partial charge is 0.487 e. The number of rotatable bonds is 7. The van der Waals surface area contributed by atoms with E-state index in [-0.39, 0.29) is 30.1 Å². The van der Waals surface area contributed by atoms with E-state index in [1.165, 1.54) is 4.31 Å². The van der Waals surface area contributed by atoms with E-state index >= 15 is 0 Å². The summed E-state index contributed by atoms with van der Waals surface area (Å²) in [6.07, 6.45) is 5.34. The molecule has 0 aliphatic carbocycles. The summed E-state index contributed by atoms with van der Waals surface area (Å²) < 4.78 is 34.7. The summed E-state index contributed by atoms with van der Waals surface area (Å²) in [5.74, 6) is 0.252. The standard InChI is InChI=1S/C24H33N3O4S/c1-5-8-20-10-11-24-22(13-20)31-23(16-26(4)15-21-9-6-7-12-25-21)18(2)14-27(19(3)17-28)32(24,29)30/h5-13,18-19,23,28H,14-17H2,1-4H3/b8-5+/t18-,19-,23+/m0/s1. The highest BCUT2D eigenvalue weighted by atomic mass is 32.2. The first-order chi connectivity index (χ1) is 15.3. The Kier molecular flexibility index (Phi) is 8.05. The molecule has 0 amide bonds. The van der Waals surface area contributed by atoms with Gasteiger partial charge in [0.1, 0.15) is 16.7 Å². The van der Waals surface area contributed by atoms with Gasteiger partial charge in [0.25, 0.3) is 0 Å². The molecule has 1 aromatic carbocycles. The average molecular weight is 460 g/mol. The molecule has 32 heavy (non-hydrogen) atoms. The number of pyridine rings is 1. The lowest BCUT2D eigenvalue weighted by Gasteiger charge is -2.37. The van der Waals surface area contributed by atoms with Crippen molar-refractivity contribution in [1.29, 1.82) is 0 Å². The number of likely N-dealkylation sites (N-methyl/N-ethyl adjacent to an activating group) is 1. The fourth-order valence-electron chi connectivity index (χ4n) is 3.90. The summed E-state index contributed by atoms with van der Waals surface area (Å²) in [5.41, 5.74) is 1.83. The number of aliphatic hydroxyl groups is 1. The van der Waals surface area contributed by atoms with Gasteiger partial charge in [0, 0.05) is 37.8 Å². The van der Waals surface area contributed by atoms with E-state index in [9.17, 15) is 13.5 Å². The minimum Gasteiger partial charge on any atom is -0.487 e. The maximum absolute atomic E-state index is 13.5. The molecule has 0 fully saturated rings. The van der Waals surface area contributed by atoms with Crippen LogP contribution in [0.3, 0.4) is 0 Å². The minimum atomic E-state index is -3.82. The van der Waals surface area contributed by atoms with Crippen LogP contribution in [0.4, 0.5) is 0 Å². The first kappa shape index (κ1) is 24.4. The van der Waals surface area contributed by atoms with Gasteiger partial charge >= 0.3 is 0 Å². The summed E-state index contributed by atoms with van der Waals surface area (Å²) in [7, 11) is -1.81. The first-order valence-electron chi connectivity index (χ1n) is 10.9. The fourth-order valence-corrected chi connectivity index (χ4v) is 5.72. The highest BCUT2D eigenvalue weighted by molar-refractivity contribution is 7.89. The molecule has 0 saturated heterocycles. The summed E-state index contributed by atoms with van der Waals surface area (Å²) in [6.45, 7) is 6.91. The van der Waals surface area contributed by atoms with Gasteiger partial charge in [-0.25, -0.2) is 8.42 Å². The van der Waals surface area contributed by atoms with E-state index in [1.54, 1.807) is 31.3 Å². The van der Waals surface area contributed by atoms with Crippen LogP contribution in [0.15, 0.2) is 53.6 Å². The van der Waals surface area contributed by atoms with Crippen molar-refractivity contribution in [3.63, 3.8) is 0 Å². The molecule has 0 unspecified atom stereocenters. The molecule has 1 aliphatic heterocycles. The van der Waals surface area contributed by atoms with Crippen LogP contribution in [0.1, 0.15) is 32.0 Å². The van der Waals surface area contributed by atoms with Gasteiger partial charge in [0.15, 0.2) is 0 Å². The van der Waals surface area contributed by atoms with Gasteiger partial charge in [-0.3, -0.25) is 9.88 Å². The van der Waals surface area contributed by atoms with Crippen molar-refractivity contribution in [2.75, 3.05) is 26.7 Å². The third-order valence-electron chi connectivity index (χ3n) is 5.70. The quantitative estimate of drug-likeness (QED) is 0.685. The Hall–Kier alpha value is -2.26. The van der Waals surface area contributed by atoms with Crippen molar-refractivity contribution in [1.82, 2.24) is 14.2 Å². The van der Waals surface area contributed by atoms with Gasteiger partial charge in [0.2, 0.25) is 10.0 Å². The second kappa shape index (κ2) is 10.6. The Labute approximate surface area is 191 Å². The number of aliphatic hydroxyl groups excluding tert-OH is 1. The summed E-state index contributed by atoms with van der Waals surface area (Å²) >= 11 is 0. The van der Waals surface area contributed by atoms with Crippen molar-refractivity contribution < 1.29 is 18.3 Å². The Bertz CT molecular complexity index is 1030. The molecule has 8 heteroatoms. The maximum Gasteiger partial charge on any atom is 0.247 e. The predicted octanol–water partition coefficient (Wildman–Crippen LogP) is 3.02. The zero-order valence-corrected chi connectivity index (χ0v) is 20.0. The number of nitrogens with zero attached hydrogens (tertiary/aromatic N) is 3. The second-order valence-electron chi connectivity index (χ2n) is 8.46. The molecule has 0 saturated carbocycles. The third kappa shape index (κ3) is 5.56. The molecular formula is C24H33N3O4S. The van der Waals surface area contributed by atoms with Crippen LogP contribution in [0.2, 0.25) is 0 Å². The van der Waals surface area contributed by atoms with Crippen molar-refractivity contribution in [2.45, 2.75) is 44.4 Å². The van der Waals surface area contributed by atoms with E-state index in [1.807, 2.05) is 51.2 Å². The molecule has 2 heterocycles. The van der Waals surface area contributed by atoms with Crippen LogP contribution >= 0.6 is 0 Å². The number of benzene rings is 1.